The van der Waals surface area contributed by atoms with Crippen molar-refractivity contribution in [2.75, 3.05) is 44.0 Å². The number of nitrogens with zero attached hydrogens (tertiary/aromatic N) is 2. The van der Waals surface area contributed by atoms with E-state index in [0.717, 1.165) is 31.4 Å². The van der Waals surface area contributed by atoms with Gasteiger partial charge in [0.15, 0.2) is 6.61 Å². The first-order valence-corrected chi connectivity index (χ1v) is 11.8. The number of sulfonamides is 1. The third-order valence-electron chi connectivity index (χ3n) is 5.23. The number of nitrogens with one attached hydrogen (secondary N) is 1. The predicted molar refractivity (Wildman–Crippen MR) is 119 cm³/mol. The second kappa shape index (κ2) is 10.0. The van der Waals surface area contributed by atoms with Gasteiger partial charge in [0.25, 0.3) is 5.91 Å². The number of para-hydroxylation sites is 1. The van der Waals surface area contributed by atoms with Crippen LogP contribution < -0.4 is 15.0 Å². The lowest BCUT2D eigenvalue weighted by atomic mass is 10.2. The van der Waals surface area contributed by atoms with Crippen LogP contribution in [0, 0.1) is 0 Å². The first-order chi connectivity index (χ1) is 15.5. The molecule has 33 heavy (non-hydrogen) atoms. The Morgan fingerprint density at radius 3 is 2.39 bits per heavy atom. The fourth-order valence-corrected chi connectivity index (χ4v) is 5.12. The van der Waals surface area contributed by atoms with Crippen molar-refractivity contribution in [2.24, 2.45) is 0 Å². The Labute approximate surface area is 191 Å². The molecule has 0 bridgehead atoms. The summed E-state index contributed by atoms with van der Waals surface area (Å²) in [6.07, 6.45) is -2.07. The maximum absolute atomic E-state index is 13.1. The maximum atomic E-state index is 13.1. The van der Waals surface area contributed by atoms with Gasteiger partial charge in [-0.05, 0) is 43.2 Å². The van der Waals surface area contributed by atoms with Crippen LogP contribution in [0.3, 0.4) is 0 Å². The van der Waals surface area contributed by atoms with Crippen LogP contribution in [0.2, 0.25) is 0 Å². The number of rotatable bonds is 7. The number of benzene rings is 2. The molecule has 2 aromatic carbocycles. The average Bonchev–Trinajstić information content (AvgIpc) is 2.77. The number of carbonyl (C=O) groups excluding carboxylic acids is 1. The van der Waals surface area contributed by atoms with Crippen molar-refractivity contribution in [3.05, 3.63) is 48.0 Å². The Balaban J connectivity index is 1.79. The van der Waals surface area contributed by atoms with E-state index in [-0.39, 0.29) is 10.6 Å². The average molecular weight is 486 g/mol. The van der Waals surface area contributed by atoms with Crippen molar-refractivity contribution >= 4 is 27.3 Å². The predicted octanol–water partition coefficient (Wildman–Crippen LogP) is 3.96. The van der Waals surface area contributed by atoms with Crippen LogP contribution in [-0.4, -0.2) is 52.4 Å². The van der Waals surface area contributed by atoms with E-state index in [1.54, 1.807) is 25.1 Å². The lowest BCUT2D eigenvalue weighted by Gasteiger charge is -2.26. The van der Waals surface area contributed by atoms with Crippen LogP contribution in [0.1, 0.15) is 24.8 Å². The van der Waals surface area contributed by atoms with Gasteiger partial charge in [0, 0.05) is 27.2 Å². The van der Waals surface area contributed by atoms with Crippen molar-refractivity contribution < 1.29 is 31.1 Å². The zero-order valence-corrected chi connectivity index (χ0v) is 19.2. The van der Waals surface area contributed by atoms with E-state index in [2.05, 4.69) is 5.32 Å². The Hall–Kier alpha value is -2.79. The highest BCUT2D eigenvalue weighted by atomic mass is 32.2. The minimum atomic E-state index is -4.62. The Morgan fingerprint density at radius 1 is 1.09 bits per heavy atom. The molecule has 0 spiro atoms. The molecule has 11 heteroatoms. The SMILES string of the molecule is CN(C)c1ccc(S(=O)(=O)N2CCCCC2)cc1NC(=O)COc1ccccc1C(F)(F)F. The number of carbonyl (C=O) groups is 1. The van der Waals surface area contributed by atoms with E-state index in [1.807, 2.05) is 0 Å². The Kier molecular flexibility index (Phi) is 7.53. The highest BCUT2D eigenvalue weighted by Crippen LogP contribution is 2.36. The third-order valence-corrected chi connectivity index (χ3v) is 7.12. The quantitative estimate of drug-likeness (QED) is 0.642. The Bertz CT molecular complexity index is 1100. The summed E-state index contributed by atoms with van der Waals surface area (Å²) in [5, 5.41) is 2.57. The summed E-state index contributed by atoms with van der Waals surface area (Å²) >= 11 is 0. The molecule has 0 saturated carbocycles. The van der Waals surface area contributed by atoms with Gasteiger partial charge in [-0.25, -0.2) is 8.42 Å². The van der Waals surface area contributed by atoms with Gasteiger partial charge >= 0.3 is 6.18 Å². The minimum absolute atomic E-state index is 0.0358. The van der Waals surface area contributed by atoms with Gasteiger partial charge in [-0.15, -0.1) is 0 Å². The molecule has 1 N–H and O–H groups in total. The molecule has 0 unspecified atom stereocenters. The maximum Gasteiger partial charge on any atom is 0.419 e. The normalized spacial score (nSPS) is 15.2. The molecule has 1 fully saturated rings. The fraction of sp³-hybridized carbons (Fsp3) is 0.409. The monoisotopic (exact) mass is 485 g/mol. The second-order valence-corrected chi connectivity index (χ2v) is 9.81. The molecule has 1 aliphatic rings. The van der Waals surface area contributed by atoms with Crippen molar-refractivity contribution in [1.29, 1.82) is 0 Å². The number of alkyl halides is 3. The highest BCUT2D eigenvalue weighted by Gasteiger charge is 2.34. The van der Waals surface area contributed by atoms with Crippen LogP contribution in [0.5, 0.6) is 5.75 Å². The molecule has 1 saturated heterocycles. The Morgan fingerprint density at radius 2 is 1.76 bits per heavy atom. The topological polar surface area (TPSA) is 79.0 Å². The van der Waals surface area contributed by atoms with Crippen LogP contribution >= 0.6 is 0 Å². The van der Waals surface area contributed by atoms with E-state index in [0.29, 0.717) is 18.8 Å². The lowest BCUT2D eigenvalue weighted by molar-refractivity contribution is -0.139. The van der Waals surface area contributed by atoms with Crippen LogP contribution in [-0.2, 0) is 21.0 Å². The summed E-state index contributed by atoms with van der Waals surface area (Å²) in [6.45, 7) is 0.195. The first kappa shape index (κ1) is 24.8. The van der Waals surface area contributed by atoms with E-state index in [1.165, 1.54) is 28.6 Å². The second-order valence-electron chi connectivity index (χ2n) is 7.87. The molecule has 3 rings (SSSR count). The van der Waals surface area contributed by atoms with Crippen molar-refractivity contribution in [3.63, 3.8) is 0 Å². The van der Waals surface area contributed by atoms with E-state index in [9.17, 15) is 26.4 Å². The standard InChI is InChI=1S/C22H26F3N3O4S/c1-27(2)19-11-10-16(33(30,31)28-12-6-3-7-13-28)14-18(19)26-21(29)15-32-20-9-5-4-8-17(20)22(23,24)25/h4-5,8-11,14H,3,6-7,12-13,15H2,1-2H3,(H,26,29). The van der Waals surface area contributed by atoms with Crippen LogP contribution in [0.4, 0.5) is 24.5 Å². The molecule has 7 nitrogen and oxygen atoms in total. The number of ether oxygens (including phenoxy) is 1. The van der Waals surface area contributed by atoms with Gasteiger partial charge in [0.05, 0.1) is 21.8 Å². The number of piperidine rings is 1. The largest absolute Gasteiger partial charge is 0.483 e. The van der Waals surface area contributed by atoms with E-state index < -0.39 is 40.0 Å². The summed E-state index contributed by atoms with van der Waals surface area (Å²) < 4.78 is 71.9. The summed E-state index contributed by atoms with van der Waals surface area (Å²) in [4.78, 5) is 14.2. The molecule has 0 radical (unpaired) electrons. The molecular formula is C22H26F3N3O4S. The molecule has 1 amide bonds. The van der Waals surface area contributed by atoms with Gasteiger partial charge in [-0.1, -0.05) is 18.6 Å². The smallest absolute Gasteiger partial charge is 0.419 e. The summed E-state index contributed by atoms with van der Waals surface area (Å²) in [7, 11) is -0.289. The number of anilines is 2. The van der Waals surface area contributed by atoms with Gasteiger partial charge in [-0.3, -0.25) is 4.79 Å². The van der Waals surface area contributed by atoms with Gasteiger partial charge in [0.2, 0.25) is 10.0 Å². The van der Waals surface area contributed by atoms with Crippen molar-refractivity contribution in [3.8, 4) is 5.75 Å². The molecule has 1 heterocycles. The number of amides is 1. The highest BCUT2D eigenvalue weighted by molar-refractivity contribution is 7.89. The first-order valence-electron chi connectivity index (χ1n) is 10.4. The summed E-state index contributed by atoms with van der Waals surface area (Å²) in [6, 6.07) is 9.02. The molecule has 1 aliphatic heterocycles. The molecule has 0 aromatic heterocycles. The summed E-state index contributed by atoms with van der Waals surface area (Å²) in [5.41, 5.74) is -0.228. The zero-order chi connectivity index (χ0) is 24.2. The lowest BCUT2D eigenvalue weighted by Crippen LogP contribution is -2.35. The van der Waals surface area contributed by atoms with E-state index >= 15 is 0 Å². The third kappa shape index (κ3) is 5.97. The number of hydrogen-bond donors (Lipinski definition) is 1. The molecule has 2 aromatic rings. The van der Waals surface area contributed by atoms with E-state index in [4.69, 9.17) is 4.74 Å². The van der Waals surface area contributed by atoms with Gasteiger partial charge in [0.1, 0.15) is 5.75 Å². The number of halogens is 3. The minimum Gasteiger partial charge on any atom is -0.483 e. The van der Waals surface area contributed by atoms with Gasteiger partial charge < -0.3 is 15.0 Å². The van der Waals surface area contributed by atoms with Gasteiger partial charge in [-0.2, -0.15) is 17.5 Å². The van der Waals surface area contributed by atoms with Crippen LogP contribution in [0.15, 0.2) is 47.4 Å². The van der Waals surface area contributed by atoms with Crippen LogP contribution in [0.25, 0.3) is 0 Å². The zero-order valence-electron chi connectivity index (χ0n) is 18.4. The molecule has 0 atom stereocenters. The molecule has 180 valence electrons. The molecular weight excluding hydrogens is 459 g/mol. The number of hydrogen-bond acceptors (Lipinski definition) is 5. The van der Waals surface area contributed by atoms with Crippen molar-refractivity contribution in [1.82, 2.24) is 4.31 Å². The van der Waals surface area contributed by atoms with Crippen molar-refractivity contribution in [2.45, 2.75) is 30.3 Å². The summed E-state index contributed by atoms with van der Waals surface area (Å²) in [5.74, 6) is -1.18. The fourth-order valence-electron chi connectivity index (χ4n) is 3.58. The molecule has 0 aliphatic carbocycles.